The Hall–Kier alpha value is -1.92. The third-order valence-corrected chi connectivity index (χ3v) is 4.96. The molecule has 128 valence electrons. The number of fused-ring (bicyclic) bond motifs is 1. The highest BCUT2D eigenvalue weighted by atomic mass is 16.5. The summed E-state index contributed by atoms with van der Waals surface area (Å²) in [6.45, 7) is 2.93. The number of nitrogens with one attached hydrogen (secondary N) is 3. The lowest BCUT2D eigenvalue weighted by Crippen LogP contribution is -2.14. The predicted octanol–water partition coefficient (Wildman–Crippen LogP) is 2.74. The number of aromatic nitrogens is 2. The summed E-state index contributed by atoms with van der Waals surface area (Å²) < 4.78 is 5.68. The lowest BCUT2D eigenvalue weighted by Gasteiger charge is -2.08. The van der Waals surface area contributed by atoms with Gasteiger partial charge in [0.25, 0.3) is 0 Å². The molecule has 2 fully saturated rings. The Bertz CT molecular complexity index is 715. The van der Waals surface area contributed by atoms with Crippen molar-refractivity contribution in [2.24, 2.45) is 5.92 Å². The Kier molecular flexibility index (Phi) is 4.49. The van der Waals surface area contributed by atoms with Crippen molar-refractivity contribution >= 4 is 22.6 Å². The van der Waals surface area contributed by atoms with Gasteiger partial charge >= 0.3 is 0 Å². The van der Waals surface area contributed by atoms with Crippen LogP contribution in [0.1, 0.15) is 44.0 Å². The number of hydrogen-bond donors (Lipinski definition) is 3. The van der Waals surface area contributed by atoms with E-state index in [1.165, 1.54) is 6.42 Å². The first kappa shape index (κ1) is 15.6. The Balaban J connectivity index is 1.39. The minimum atomic E-state index is 0.0791. The lowest BCUT2D eigenvalue weighted by molar-refractivity contribution is -0.116. The molecular weight excluding hydrogens is 304 g/mol. The molecule has 3 N–H and O–H groups in total. The number of ether oxygens (including phenoxy) is 1. The molecule has 0 aliphatic carbocycles. The maximum atomic E-state index is 12.1. The van der Waals surface area contributed by atoms with Gasteiger partial charge in [0, 0.05) is 18.7 Å². The smallest absolute Gasteiger partial charge is 0.224 e. The molecule has 1 aromatic carbocycles. The molecule has 1 aromatic heterocycles. The second kappa shape index (κ2) is 6.91. The molecule has 1 amide bonds. The fourth-order valence-electron chi connectivity index (χ4n) is 3.57. The number of hydrogen-bond acceptors (Lipinski definition) is 4. The monoisotopic (exact) mass is 328 g/mol. The number of benzene rings is 1. The zero-order chi connectivity index (χ0) is 16.4. The summed E-state index contributed by atoms with van der Waals surface area (Å²) in [5.41, 5.74) is 2.67. The van der Waals surface area contributed by atoms with Gasteiger partial charge in [-0.25, -0.2) is 4.98 Å². The van der Waals surface area contributed by atoms with E-state index in [2.05, 4.69) is 20.6 Å². The second-order valence-corrected chi connectivity index (χ2v) is 6.80. The van der Waals surface area contributed by atoms with Crippen LogP contribution in [0.4, 0.5) is 5.69 Å². The first-order chi connectivity index (χ1) is 11.8. The van der Waals surface area contributed by atoms with E-state index in [-0.39, 0.29) is 12.0 Å². The van der Waals surface area contributed by atoms with Crippen LogP contribution in [0.25, 0.3) is 11.0 Å². The standard InChI is InChI=1S/C18H24N4O2/c23-17(6-3-12-7-8-19-11-12)20-13-4-5-14-15(10-13)22-18(21-14)16-2-1-9-24-16/h4-5,10,12,16,19H,1-3,6-9,11H2,(H,20,23)(H,21,22). The van der Waals surface area contributed by atoms with Crippen LogP contribution in [0.5, 0.6) is 0 Å². The van der Waals surface area contributed by atoms with Crippen molar-refractivity contribution in [1.29, 1.82) is 0 Å². The topological polar surface area (TPSA) is 79.0 Å². The summed E-state index contributed by atoms with van der Waals surface area (Å²) in [7, 11) is 0. The second-order valence-electron chi connectivity index (χ2n) is 6.80. The van der Waals surface area contributed by atoms with Crippen LogP contribution in [-0.4, -0.2) is 35.6 Å². The van der Waals surface area contributed by atoms with E-state index in [4.69, 9.17) is 4.74 Å². The van der Waals surface area contributed by atoms with E-state index >= 15 is 0 Å². The third-order valence-electron chi connectivity index (χ3n) is 4.96. The van der Waals surface area contributed by atoms with Crippen LogP contribution < -0.4 is 10.6 Å². The molecule has 0 spiro atoms. The minimum Gasteiger partial charge on any atom is -0.370 e. The summed E-state index contributed by atoms with van der Waals surface area (Å²) in [5, 5.41) is 6.34. The molecule has 4 rings (SSSR count). The Morgan fingerprint density at radius 1 is 1.38 bits per heavy atom. The molecule has 2 saturated heterocycles. The van der Waals surface area contributed by atoms with Gasteiger partial charge in [0.15, 0.2) is 0 Å². The Labute approximate surface area is 141 Å². The van der Waals surface area contributed by atoms with Crippen molar-refractivity contribution in [3.05, 3.63) is 24.0 Å². The highest BCUT2D eigenvalue weighted by Crippen LogP contribution is 2.28. The van der Waals surface area contributed by atoms with Crippen LogP contribution in [0.15, 0.2) is 18.2 Å². The van der Waals surface area contributed by atoms with E-state index in [0.717, 1.165) is 61.5 Å². The fourth-order valence-corrected chi connectivity index (χ4v) is 3.57. The number of H-pyrrole nitrogens is 1. The molecule has 2 aromatic rings. The largest absolute Gasteiger partial charge is 0.370 e. The fraction of sp³-hybridized carbons (Fsp3) is 0.556. The van der Waals surface area contributed by atoms with Crippen molar-refractivity contribution in [2.75, 3.05) is 25.0 Å². The number of imidazole rings is 1. The van der Waals surface area contributed by atoms with Crippen molar-refractivity contribution < 1.29 is 9.53 Å². The summed E-state index contributed by atoms with van der Waals surface area (Å²) in [5.74, 6) is 1.61. The normalized spacial score (nSPS) is 23.8. The van der Waals surface area contributed by atoms with Gasteiger partial charge in [-0.3, -0.25) is 4.79 Å². The average molecular weight is 328 g/mol. The average Bonchev–Trinajstić information content (AvgIpc) is 3.32. The summed E-state index contributed by atoms with van der Waals surface area (Å²) in [4.78, 5) is 20.1. The predicted molar refractivity (Wildman–Crippen MR) is 92.9 cm³/mol. The first-order valence-electron chi connectivity index (χ1n) is 8.90. The summed E-state index contributed by atoms with van der Waals surface area (Å²) in [6.07, 6.45) is 4.89. The highest BCUT2D eigenvalue weighted by molar-refractivity contribution is 5.93. The first-order valence-corrected chi connectivity index (χ1v) is 8.90. The molecule has 2 unspecified atom stereocenters. The quantitative estimate of drug-likeness (QED) is 0.788. The van der Waals surface area contributed by atoms with E-state index in [9.17, 15) is 4.79 Å². The number of aromatic amines is 1. The molecular formula is C18H24N4O2. The molecule has 3 heterocycles. The number of carbonyl (C=O) groups is 1. The molecule has 6 heteroatoms. The number of amides is 1. The van der Waals surface area contributed by atoms with Gasteiger partial charge in [0.2, 0.25) is 5.91 Å². The highest BCUT2D eigenvalue weighted by Gasteiger charge is 2.21. The maximum absolute atomic E-state index is 12.1. The zero-order valence-corrected chi connectivity index (χ0v) is 13.8. The minimum absolute atomic E-state index is 0.0791. The Morgan fingerprint density at radius 2 is 2.33 bits per heavy atom. The zero-order valence-electron chi connectivity index (χ0n) is 13.8. The lowest BCUT2D eigenvalue weighted by atomic mass is 10.0. The molecule has 0 bridgehead atoms. The number of anilines is 1. The molecule has 2 atom stereocenters. The van der Waals surface area contributed by atoms with Crippen LogP contribution in [0.3, 0.4) is 0 Å². The van der Waals surface area contributed by atoms with Crippen molar-refractivity contribution in [1.82, 2.24) is 15.3 Å². The third kappa shape index (κ3) is 3.44. The van der Waals surface area contributed by atoms with E-state index in [0.29, 0.717) is 12.3 Å². The van der Waals surface area contributed by atoms with Gasteiger partial charge in [-0.05, 0) is 62.9 Å². The molecule has 24 heavy (non-hydrogen) atoms. The van der Waals surface area contributed by atoms with E-state index in [1.807, 2.05) is 18.2 Å². The molecule has 6 nitrogen and oxygen atoms in total. The van der Waals surface area contributed by atoms with Crippen molar-refractivity contribution in [3.8, 4) is 0 Å². The van der Waals surface area contributed by atoms with Gasteiger partial charge < -0.3 is 20.4 Å². The molecule has 0 radical (unpaired) electrons. The number of rotatable bonds is 5. The van der Waals surface area contributed by atoms with Crippen molar-refractivity contribution in [2.45, 2.75) is 38.2 Å². The van der Waals surface area contributed by atoms with Gasteiger partial charge in [0.05, 0.1) is 11.0 Å². The number of carbonyl (C=O) groups excluding carboxylic acids is 1. The van der Waals surface area contributed by atoms with Gasteiger partial charge in [-0.2, -0.15) is 0 Å². The Morgan fingerprint density at radius 3 is 3.12 bits per heavy atom. The maximum Gasteiger partial charge on any atom is 0.224 e. The van der Waals surface area contributed by atoms with E-state index < -0.39 is 0 Å². The molecule has 0 saturated carbocycles. The van der Waals surface area contributed by atoms with Gasteiger partial charge in [-0.1, -0.05) is 0 Å². The van der Waals surface area contributed by atoms with Crippen LogP contribution >= 0.6 is 0 Å². The van der Waals surface area contributed by atoms with Crippen molar-refractivity contribution in [3.63, 3.8) is 0 Å². The van der Waals surface area contributed by atoms with Gasteiger partial charge in [-0.15, -0.1) is 0 Å². The van der Waals surface area contributed by atoms with Crippen LogP contribution in [0, 0.1) is 5.92 Å². The van der Waals surface area contributed by atoms with Gasteiger partial charge in [0.1, 0.15) is 11.9 Å². The molecule has 2 aliphatic heterocycles. The number of nitrogens with zero attached hydrogens (tertiary/aromatic N) is 1. The van der Waals surface area contributed by atoms with E-state index in [1.54, 1.807) is 0 Å². The van der Waals surface area contributed by atoms with Crippen LogP contribution in [0.2, 0.25) is 0 Å². The summed E-state index contributed by atoms with van der Waals surface area (Å²) in [6, 6.07) is 5.81. The summed E-state index contributed by atoms with van der Waals surface area (Å²) >= 11 is 0. The van der Waals surface area contributed by atoms with Crippen LogP contribution in [-0.2, 0) is 9.53 Å². The molecule has 2 aliphatic rings. The SMILES string of the molecule is O=C(CCC1CCNC1)Nc1ccc2nc(C3CCCO3)[nH]c2c1.